The van der Waals surface area contributed by atoms with E-state index in [-0.39, 0.29) is 5.95 Å². The van der Waals surface area contributed by atoms with Crippen molar-refractivity contribution in [2.24, 2.45) is 0 Å². The number of rotatable bonds is 3. The molecule has 19 heavy (non-hydrogen) atoms. The van der Waals surface area contributed by atoms with Crippen LogP contribution in [0, 0.1) is 0 Å². The van der Waals surface area contributed by atoms with Crippen molar-refractivity contribution in [3.8, 4) is 5.69 Å². The van der Waals surface area contributed by atoms with Gasteiger partial charge in [-0.2, -0.15) is 10.1 Å². The highest BCUT2D eigenvalue weighted by molar-refractivity contribution is 5.31. The van der Waals surface area contributed by atoms with Gasteiger partial charge in [-0.3, -0.25) is 0 Å². The second-order valence-corrected chi connectivity index (χ2v) is 4.11. The third kappa shape index (κ3) is 2.25. The number of nitrogens with two attached hydrogens (primary N) is 2. The van der Waals surface area contributed by atoms with E-state index in [1.165, 1.54) is 0 Å². The number of hydrogen-bond acceptors (Lipinski definition) is 5. The van der Waals surface area contributed by atoms with Gasteiger partial charge in [0, 0.05) is 11.8 Å². The Kier molecular flexibility index (Phi) is 2.64. The van der Waals surface area contributed by atoms with Crippen LogP contribution in [0.4, 0.5) is 11.9 Å². The van der Waals surface area contributed by atoms with Gasteiger partial charge in [0.05, 0.1) is 18.4 Å². The van der Waals surface area contributed by atoms with Crippen molar-refractivity contribution in [2.45, 2.75) is 6.54 Å². The van der Waals surface area contributed by atoms with Gasteiger partial charge in [0.1, 0.15) is 0 Å². The first-order valence-corrected chi connectivity index (χ1v) is 5.77. The van der Waals surface area contributed by atoms with Crippen LogP contribution in [0.15, 0.2) is 42.7 Å². The summed E-state index contributed by atoms with van der Waals surface area (Å²) in [4.78, 5) is 3.85. The molecule has 0 amide bonds. The zero-order valence-corrected chi connectivity index (χ0v) is 10.1. The molecule has 3 aromatic rings. The first-order valence-electron chi connectivity index (χ1n) is 5.77. The molecule has 1 aromatic carbocycles. The molecule has 2 aromatic heterocycles. The lowest BCUT2D eigenvalue weighted by Crippen LogP contribution is -2.06. The number of benzene rings is 1. The maximum Gasteiger partial charge on any atom is 0.241 e. The third-order valence-corrected chi connectivity index (χ3v) is 2.71. The van der Waals surface area contributed by atoms with E-state index >= 15 is 0 Å². The number of anilines is 2. The largest absolute Gasteiger partial charge is 0.368 e. The van der Waals surface area contributed by atoms with Gasteiger partial charge in [-0.15, -0.1) is 5.10 Å². The zero-order valence-electron chi connectivity index (χ0n) is 10.1. The topological polar surface area (TPSA) is 101 Å². The van der Waals surface area contributed by atoms with Crippen LogP contribution < -0.4 is 11.5 Å². The molecular weight excluding hydrogens is 242 g/mol. The van der Waals surface area contributed by atoms with Gasteiger partial charge < -0.3 is 11.5 Å². The van der Waals surface area contributed by atoms with E-state index in [9.17, 15) is 0 Å². The zero-order chi connectivity index (χ0) is 13.2. The van der Waals surface area contributed by atoms with Gasteiger partial charge >= 0.3 is 0 Å². The molecule has 0 bridgehead atoms. The number of nitrogen functional groups attached to an aromatic ring is 2. The Morgan fingerprint density at radius 1 is 1.11 bits per heavy atom. The Balaban J connectivity index is 1.84. The normalized spacial score (nSPS) is 10.7. The predicted octanol–water partition coefficient (Wildman–Crippen LogP) is 0.676. The Labute approximate surface area is 109 Å². The summed E-state index contributed by atoms with van der Waals surface area (Å²) in [5.74, 6) is 0.470. The fourth-order valence-corrected chi connectivity index (χ4v) is 1.83. The fourth-order valence-electron chi connectivity index (χ4n) is 1.83. The standard InChI is InChI=1S/C12H13N7/c13-11-16-12(14)19(17-11)8-9-6-15-18(7-9)10-4-2-1-3-5-10/h1-7H,8H2,(H4,13,14,16,17). The Morgan fingerprint density at radius 3 is 2.58 bits per heavy atom. The van der Waals surface area contributed by atoms with E-state index in [0.717, 1.165) is 11.3 Å². The van der Waals surface area contributed by atoms with Gasteiger partial charge in [0.15, 0.2) is 0 Å². The Hall–Kier alpha value is -2.83. The first-order chi connectivity index (χ1) is 9.22. The van der Waals surface area contributed by atoms with Gasteiger partial charge in [0.2, 0.25) is 11.9 Å². The van der Waals surface area contributed by atoms with E-state index in [1.54, 1.807) is 15.6 Å². The Bertz CT molecular complexity index is 683. The van der Waals surface area contributed by atoms with Crippen molar-refractivity contribution >= 4 is 11.9 Å². The summed E-state index contributed by atoms with van der Waals surface area (Å²) >= 11 is 0. The number of aromatic nitrogens is 5. The molecule has 0 spiro atoms. The number of nitrogens with zero attached hydrogens (tertiary/aromatic N) is 5. The minimum atomic E-state index is 0.174. The van der Waals surface area contributed by atoms with Crippen LogP contribution in [0.3, 0.4) is 0 Å². The molecule has 0 radical (unpaired) electrons. The van der Waals surface area contributed by atoms with E-state index in [1.807, 2.05) is 36.5 Å². The van der Waals surface area contributed by atoms with E-state index in [4.69, 9.17) is 11.5 Å². The molecule has 0 saturated carbocycles. The second kappa shape index (κ2) is 4.45. The van der Waals surface area contributed by atoms with Crippen LogP contribution in [-0.2, 0) is 6.54 Å². The maximum atomic E-state index is 5.69. The minimum absolute atomic E-state index is 0.174. The Morgan fingerprint density at radius 2 is 1.89 bits per heavy atom. The number of hydrogen-bond donors (Lipinski definition) is 2. The van der Waals surface area contributed by atoms with Crippen LogP contribution in [0.25, 0.3) is 5.69 Å². The SMILES string of the molecule is Nc1nc(N)n(Cc2cnn(-c3ccccc3)c2)n1. The van der Waals surface area contributed by atoms with E-state index in [0.29, 0.717) is 12.5 Å². The summed E-state index contributed by atoms with van der Waals surface area (Å²) in [5, 5.41) is 8.31. The highest BCUT2D eigenvalue weighted by Crippen LogP contribution is 2.10. The van der Waals surface area contributed by atoms with Gasteiger partial charge in [-0.05, 0) is 12.1 Å². The van der Waals surface area contributed by atoms with Crippen molar-refractivity contribution in [3.05, 3.63) is 48.3 Å². The van der Waals surface area contributed by atoms with Crippen LogP contribution in [0.2, 0.25) is 0 Å². The summed E-state index contributed by atoms with van der Waals surface area (Å²) in [5.41, 5.74) is 13.1. The average Bonchev–Trinajstić information content (AvgIpc) is 2.99. The van der Waals surface area contributed by atoms with E-state index in [2.05, 4.69) is 15.2 Å². The van der Waals surface area contributed by atoms with Crippen molar-refractivity contribution in [1.29, 1.82) is 0 Å². The molecule has 0 aliphatic carbocycles. The molecule has 4 N–H and O–H groups in total. The highest BCUT2D eigenvalue weighted by atomic mass is 15.4. The van der Waals surface area contributed by atoms with Crippen molar-refractivity contribution in [2.75, 3.05) is 11.5 Å². The highest BCUT2D eigenvalue weighted by Gasteiger charge is 2.06. The number of para-hydroxylation sites is 1. The van der Waals surface area contributed by atoms with Crippen LogP contribution in [0.5, 0.6) is 0 Å². The molecule has 0 aliphatic rings. The third-order valence-electron chi connectivity index (χ3n) is 2.71. The molecule has 0 aliphatic heterocycles. The lowest BCUT2D eigenvalue weighted by Gasteiger charge is -2.00. The average molecular weight is 255 g/mol. The fraction of sp³-hybridized carbons (Fsp3) is 0.0833. The van der Waals surface area contributed by atoms with Crippen molar-refractivity contribution < 1.29 is 0 Å². The smallest absolute Gasteiger partial charge is 0.241 e. The minimum Gasteiger partial charge on any atom is -0.368 e. The monoisotopic (exact) mass is 255 g/mol. The van der Waals surface area contributed by atoms with Crippen LogP contribution in [0.1, 0.15) is 5.56 Å². The first kappa shape index (κ1) is 11.3. The second-order valence-electron chi connectivity index (χ2n) is 4.11. The lowest BCUT2D eigenvalue weighted by atomic mass is 10.3. The van der Waals surface area contributed by atoms with Gasteiger partial charge in [0.25, 0.3) is 0 Å². The van der Waals surface area contributed by atoms with Crippen molar-refractivity contribution in [3.63, 3.8) is 0 Å². The molecule has 7 heteroatoms. The summed E-state index contributed by atoms with van der Waals surface area (Å²) in [7, 11) is 0. The predicted molar refractivity (Wildman–Crippen MR) is 71.5 cm³/mol. The summed E-state index contributed by atoms with van der Waals surface area (Å²) in [6.07, 6.45) is 3.69. The van der Waals surface area contributed by atoms with Crippen molar-refractivity contribution in [1.82, 2.24) is 24.5 Å². The van der Waals surface area contributed by atoms with Crippen LogP contribution >= 0.6 is 0 Å². The molecule has 0 atom stereocenters. The molecule has 7 nitrogen and oxygen atoms in total. The molecule has 3 rings (SSSR count). The molecule has 2 heterocycles. The van der Waals surface area contributed by atoms with Gasteiger partial charge in [-0.1, -0.05) is 18.2 Å². The summed E-state index contributed by atoms with van der Waals surface area (Å²) in [6, 6.07) is 9.86. The molecule has 0 unspecified atom stereocenters. The maximum absolute atomic E-state index is 5.69. The van der Waals surface area contributed by atoms with Crippen LogP contribution in [-0.4, -0.2) is 24.5 Å². The molecule has 0 saturated heterocycles. The molecule has 96 valence electrons. The quantitative estimate of drug-likeness (QED) is 0.716. The molecular formula is C12H13N7. The summed E-state index contributed by atoms with van der Waals surface area (Å²) < 4.78 is 3.34. The van der Waals surface area contributed by atoms with E-state index < -0.39 is 0 Å². The lowest BCUT2D eigenvalue weighted by molar-refractivity contribution is 0.699. The summed E-state index contributed by atoms with van der Waals surface area (Å²) in [6.45, 7) is 0.489. The van der Waals surface area contributed by atoms with Gasteiger partial charge in [-0.25, -0.2) is 9.36 Å². The molecule has 0 fully saturated rings.